The van der Waals surface area contributed by atoms with Crippen molar-refractivity contribution in [2.75, 3.05) is 13.7 Å². The van der Waals surface area contributed by atoms with Gasteiger partial charge in [-0.3, -0.25) is 0 Å². The summed E-state index contributed by atoms with van der Waals surface area (Å²) >= 11 is 0. The molecule has 1 aliphatic rings. The van der Waals surface area contributed by atoms with Crippen LogP contribution in [0.15, 0.2) is 0 Å². The zero-order chi connectivity index (χ0) is 12.0. The summed E-state index contributed by atoms with van der Waals surface area (Å²) in [5.74, 6) is 0.994. The SMILES string of the molecule is CCC1CCC(NCCC(C)(C)OC)CC1. The summed E-state index contributed by atoms with van der Waals surface area (Å²) in [6.45, 7) is 7.72. The maximum absolute atomic E-state index is 5.42. The topological polar surface area (TPSA) is 21.3 Å². The van der Waals surface area contributed by atoms with Crippen LogP contribution in [0.3, 0.4) is 0 Å². The summed E-state index contributed by atoms with van der Waals surface area (Å²) in [6, 6.07) is 0.760. The first-order chi connectivity index (χ1) is 7.57. The van der Waals surface area contributed by atoms with Gasteiger partial charge in [-0.15, -0.1) is 0 Å². The fraction of sp³-hybridized carbons (Fsp3) is 1.00. The van der Waals surface area contributed by atoms with Gasteiger partial charge < -0.3 is 10.1 Å². The molecule has 2 nitrogen and oxygen atoms in total. The molecule has 16 heavy (non-hydrogen) atoms. The molecule has 0 radical (unpaired) electrons. The Morgan fingerprint density at radius 3 is 2.31 bits per heavy atom. The minimum atomic E-state index is 0.0214. The van der Waals surface area contributed by atoms with E-state index in [0.29, 0.717) is 0 Å². The zero-order valence-corrected chi connectivity index (χ0v) is 11.5. The predicted molar refractivity (Wildman–Crippen MR) is 69.7 cm³/mol. The Balaban J connectivity index is 2.11. The Kier molecular flexibility index (Phi) is 5.77. The molecule has 0 saturated heterocycles. The molecule has 1 fully saturated rings. The molecule has 1 saturated carbocycles. The second-order valence-electron chi connectivity index (χ2n) is 5.79. The third kappa shape index (κ3) is 4.84. The lowest BCUT2D eigenvalue weighted by Crippen LogP contribution is -2.37. The third-order valence-electron chi connectivity index (χ3n) is 4.14. The van der Waals surface area contributed by atoms with Gasteiger partial charge in [-0.1, -0.05) is 13.3 Å². The fourth-order valence-corrected chi connectivity index (χ4v) is 2.45. The van der Waals surface area contributed by atoms with Crippen LogP contribution in [-0.4, -0.2) is 25.3 Å². The van der Waals surface area contributed by atoms with Crippen molar-refractivity contribution in [3.05, 3.63) is 0 Å². The molecule has 1 aliphatic carbocycles. The van der Waals surface area contributed by atoms with Gasteiger partial charge in [0.25, 0.3) is 0 Å². The van der Waals surface area contributed by atoms with Crippen LogP contribution in [0.25, 0.3) is 0 Å². The third-order valence-corrected chi connectivity index (χ3v) is 4.14. The molecule has 1 N–H and O–H groups in total. The summed E-state index contributed by atoms with van der Waals surface area (Å²) in [7, 11) is 1.80. The van der Waals surface area contributed by atoms with Crippen LogP contribution in [0.1, 0.15) is 59.3 Å². The van der Waals surface area contributed by atoms with Crippen molar-refractivity contribution in [2.45, 2.75) is 70.9 Å². The first kappa shape index (κ1) is 14.0. The minimum absolute atomic E-state index is 0.0214. The lowest BCUT2D eigenvalue weighted by atomic mass is 9.84. The molecule has 0 aromatic carbocycles. The summed E-state index contributed by atoms with van der Waals surface area (Å²) in [5.41, 5.74) is 0.0214. The molecular weight excluding hydrogens is 198 g/mol. The van der Waals surface area contributed by atoms with Gasteiger partial charge in [-0.2, -0.15) is 0 Å². The van der Waals surface area contributed by atoms with Gasteiger partial charge in [0.2, 0.25) is 0 Å². The van der Waals surface area contributed by atoms with Crippen LogP contribution in [0, 0.1) is 5.92 Å². The Morgan fingerprint density at radius 1 is 1.19 bits per heavy atom. The van der Waals surface area contributed by atoms with Crippen LogP contribution in [0.2, 0.25) is 0 Å². The quantitative estimate of drug-likeness (QED) is 0.751. The molecule has 2 heteroatoms. The van der Waals surface area contributed by atoms with Crippen molar-refractivity contribution in [1.29, 1.82) is 0 Å². The zero-order valence-electron chi connectivity index (χ0n) is 11.5. The van der Waals surface area contributed by atoms with E-state index in [-0.39, 0.29) is 5.60 Å². The molecule has 0 aromatic heterocycles. The number of ether oxygens (including phenoxy) is 1. The Hall–Kier alpha value is -0.0800. The van der Waals surface area contributed by atoms with E-state index in [9.17, 15) is 0 Å². The van der Waals surface area contributed by atoms with Crippen LogP contribution in [-0.2, 0) is 4.74 Å². The van der Waals surface area contributed by atoms with Crippen LogP contribution >= 0.6 is 0 Å². The highest BCUT2D eigenvalue weighted by Gasteiger charge is 2.21. The van der Waals surface area contributed by atoms with Gasteiger partial charge in [-0.25, -0.2) is 0 Å². The highest BCUT2D eigenvalue weighted by atomic mass is 16.5. The summed E-state index contributed by atoms with van der Waals surface area (Å²) in [6.07, 6.45) is 8.03. The Labute approximate surface area is 101 Å². The minimum Gasteiger partial charge on any atom is -0.379 e. The van der Waals surface area contributed by atoms with E-state index < -0.39 is 0 Å². The molecule has 0 atom stereocenters. The Morgan fingerprint density at radius 2 is 1.81 bits per heavy atom. The van der Waals surface area contributed by atoms with E-state index in [0.717, 1.165) is 24.9 Å². The van der Waals surface area contributed by atoms with Gasteiger partial charge in [-0.05, 0) is 58.4 Å². The molecule has 0 amide bonds. The van der Waals surface area contributed by atoms with Gasteiger partial charge in [0.05, 0.1) is 5.60 Å². The highest BCUT2D eigenvalue weighted by molar-refractivity contribution is 4.78. The summed E-state index contributed by atoms with van der Waals surface area (Å²) in [5, 5.41) is 3.68. The standard InChI is InChI=1S/C14H29NO/c1-5-12-6-8-13(9-7-12)15-11-10-14(2,3)16-4/h12-13,15H,5-11H2,1-4H3. The van der Waals surface area contributed by atoms with Crippen molar-refractivity contribution in [3.8, 4) is 0 Å². The van der Waals surface area contributed by atoms with Gasteiger partial charge in [0.1, 0.15) is 0 Å². The van der Waals surface area contributed by atoms with Crippen LogP contribution in [0.5, 0.6) is 0 Å². The number of hydrogen-bond donors (Lipinski definition) is 1. The van der Waals surface area contributed by atoms with Crippen molar-refractivity contribution in [2.24, 2.45) is 5.92 Å². The number of hydrogen-bond acceptors (Lipinski definition) is 2. The molecule has 0 heterocycles. The average molecular weight is 227 g/mol. The second kappa shape index (κ2) is 6.61. The first-order valence-electron chi connectivity index (χ1n) is 6.86. The van der Waals surface area contributed by atoms with E-state index in [4.69, 9.17) is 4.74 Å². The smallest absolute Gasteiger partial charge is 0.0634 e. The van der Waals surface area contributed by atoms with E-state index in [2.05, 4.69) is 26.1 Å². The fourth-order valence-electron chi connectivity index (χ4n) is 2.45. The van der Waals surface area contributed by atoms with Gasteiger partial charge >= 0.3 is 0 Å². The van der Waals surface area contributed by atoms with Crippen LogP contribution in [0.4, 0.5) is 0 Å². The van der Waals surface area contributed by atoms with Crippen LogP contribution < -0.4 is 5.32 Å². The summed E-state index contributed by atoms with van der Waals surface area (Å²) in [4.78, 5) is 0. The largest absolute Gasteiger partial charge is 0.379 e. The normalized spacial score (nSPS) is 27.0. The van der Waals surface area contributed by atoms with Crippen molar-refractivity contribution in [1.82, 2.24) is 5.32 Å². The lowest BCUT2D eigenvalue weighted by molar-refractivity contribution is 0.0150. The van der Waals surface area contributed by atoms with Crippen molar-refractivity contribution in [3.63, 3.8) is 0 Å². The molecule has 96 valence electrons. The number of methoxy groups -OCH3 is 1. The average Bonchev–Trinajstić information content (AvgIpc) is 2.30. The number of nitrogens with one attached hydrogen (secondary N) is 1. The lowest BCUT2D eigenvalue weighted by Gasteiger charge is -2.30. The maximum Gasteiger partial charge on any atom is 0.0634 e. The maximum atomic E-state index is 5.42. The Bertz CT molecular complexity index is 183. The van der Waals surface area contributed by atoms with Gasteiger partial charge in [0.15, 0.2) is 0 Å². The molecule has 0 unspecified atom stereocenters. The number of rotatable bonds is 6. The van der Waals surface area contributed by atoms with Gasteiger partial charge in [0, 0.05) is 13.2 Å². The van der Waals surface area contributed by atoms with E-state index in [1.807, 2.05) is 0 Å². The van der Waals surface area contributed by atoms with E-state index in [1.165, 1.54) is 32.1 Å². The van der Waals surface area contributed by atoms with Crippen molar-refractivity contribution >= 4 is 0 Å². The molecule has 0 aromatic rings. The second-order valence-corrected chi connectivity index (χ2v) is 5.79. The molecular formula is C14H29NO. The summed E-state index contributed by atoms with van der Waals surface area (Å²) < 4.78 is 5.42. The monoisotopic (exact) mass is 227 g/mol. The van der Waals surface area contributed by atoms with E-state index in [1.54, 1.807) is 7.11 Å². The molecule has 1 rings (SSSR count). The molecule has 0 spiro atoms. The van der Waals surface area contributed by atoms with E-state index >= 15 is 0 Å². The molecule has 0 bridgehead atoms. The van der Waals surface area contributed by atoms with Crippen molar-refractivity contribution < 1.29 is 4.74 Å². The first-order valence-corrected chi connectivity index (χ1v) is 6.86. The highest BCUT2D eigenvalue weighted by Crippen LogP contribution is 2.26. The molecule has 0 aliphatic heterocycles. The predicted octanol–water partition coefficient (Wildman–Crippen LogP) is 3.36.